The minimum atomic E-state index is -3.80. The molecule has 0 spiro atoms. The fraction of sp³-hybridized carbons (Fsp3) is 0.167. The van der Waals surface area contributed by atoms with Crippen LogP contribution in [0.1, 0.15) is 16.1 Å². The number of hydrogen-bond donors (Lipinski definition) is 1. The monoisotopic (exact) mass is 358 g/mol. The highest BCUT2D eigenvalue weighted by atomic mass is 32.2. The first-order chi connectivity index (χ1) is 11.7. The molecule has 0 unspecified atom stereocenters. The van der Waals surface area contributed by atoms with Crippen LogP contribution in [-0.2, 0) is 17.1 Å². The molecule has 1 heterocycles. The zero-order valence-corrected chi connectivity index (χ0v) is 14.9. The average molecular weight is 358 g/mol. The predicted molar refractivity (Wildman–Crippen MR) is 96.6 cm³/mol. The zero-order chi connectivity index (χ0) is 18.4. The van der Waals surface area contributed by atoms with Crippen molar-refractivity contribution < 1.29 is 18.3 Å². The van der Waals surface area contributed by atoms with Crippen molar-refractivity contribution in [1.82, 2.24) is 4.57 Å². The van der Waals surface area contributed by atoms with E-state index in [2.05, 4.69) is 0 Å². The van der Waals surface area contributed by atoms with Crippen LogP contribution in [0.25, 0.3) is 10.9 Å². The molecule has 1 N–H and O–H groups in total. The van der Waals surface area contributed by atoms with Gasteiger partial charge in [0, 0.05) is 30.7 Å². The molecule has 25 heavy (non-hydrogen) atoms. The highest BCUT2D eigenvalue weighted by Crippen LogP contribution is 2.32. The maximum atomic E-state index is 13.2. The smallest absolute Gasteiger partial charge is 0.335 e. The number of aromatic carboxylic acids is 1. The van der Waals surface area contributed by atoms with E-state index in [9.17, 15) is 13.2 Å². The van der Waals surface area contributed by atoms with Gasteiger partial charge in [0.2, 0.25) is 0 Å². The Hall–Kier alpha value is -2.80. The minimum Gasteiger partial charge on any atom is -0.478 e. The molecular weight excluding hydrogens is 340 g/mol. The summed E-state index contributed by atoms with van der Waals surface area (Å²) >= 11 is 0. The molecule has 0 amide bonds. The van der Waals surface area contributed by atoms with Crippen LogP contribution in [0.2, 0.25) is 0 Å². The summed E-state index contributed by atoms with van der Waals surface area (Å²) in [5, 5.41) is 9.64. The van der Waals surface area contributed by atoms with Gasteiger partial charge in [-0.3, -0.25) is 4.31 Å². The number of rotatable bonds is 4. The summed E-state index contributed by atoms with van der Waals surface area (Å²) in [6, 6.07) is 13.1. The molecule has 6 nitrogen and oxygen atoms in total. The molecule has 0 saturated carbocycles. The van der Waals surface area contributed by atoms with E-state index in [1.165, 1.54) is 35.6 Å². The fourth-order valence-corrected chi connectivity index (χ4v) is 4.54. The average Bonchev–Trinajstić information content (AvgIpc) is 2.86. The number of para-hydroxylation sites is 1. The van der Waals surface area contributed by atoms with Crippen molar-refractivity contribution in [3.8, 4) is 0 Å². The first-order valence-electron chi connectivity index (χ1n) is 7.61. The van der Waals surface area contributed by atoms with E-state index < -0.39 is 16.0 Å². The second-order valence-corrected chi connectivity index (χ2v) is 7.72. The van der Waals surface area contributed by atoms with Gasteiger partial charge >= 0.3 is 5.97 Å². The molecule has 0 atom stereocenters. The van der Waals surface area contributed by atoms with Crippen LogP contribution in [0.4, 0.5) is 5.69 Å². The van der Waals surface area contributed by atoms with Crippen molar-refractivity contribution in [2.45, 2.75) is 11.8 Å². The molecule has 2 aromatic carbocycles. The molecule has 0 fully saturated rings. The van der Waals surface area contributed by atoms with Gasteiger partial charge < -0.3 is 9.67 Å². The number of aromatic nitrogens is 1. The predicted octanol–water partition coefficient (Wildman–Crippen LogP) is 3.01. The van der Waals surface area contributed by atoms with Crippen LogP contribution in [-0.4, -0.2) is 31.1 Å². The lowest BCUT2D eigenvalue weighted by Gasteiger charge is -2.20. The summed E-state index contributed by atoms with van der Waals surface area (Å²) in [6.07, 6.45) is 0. The number of carboxylic acids is 1. The number of anilines is 1. The molecule has 3 rings (SSSR count). The van der Waals surface area contributed by atoms with Crippen molar-refractivity contribution in [3.05, 3.63) is 59.8 Å². The second-order valence-electron chi connectivity index (χ2n) is 5.82. The maximum Gasteiger partial charge on any atom is 0.335 e. The zero-order valence-electron chi connectivity index (χ0n) is 14.1. The molecule has 0 radical (unpaired) electrons. The first kappa shape index (κ1) is 17.0. The lowest BCUT2D eigenvalue weighted by molar-refractivity contribution is 0.0697. The van der Waals surface area contributed by atoms with Gasteiger partial charge in [-0.15, -0.1) is 0 Å². The van der Waals surface area contributed by atoms with Gasteiger partial charge in [0.05, 0.1) is 11.3 Å². The third-order valence-corrected chi connectivity index (χ3v) is 6.40. The van der Waals surface area contributed by atoms with E-state index in [0.29, 0.717) is 16.8 Å². The molecular formula is C18H18N2O4S. The Bertz CT molecular complexity index is 1070. The van der Waals surface area contributed by atoms with Crippen molar-refractivity contribution >= 4 is 32.6 Å². The minimum absolute atomic E-state index is 0.107. The van der Waals surface area contributed by atoms with Crippen molar-refractivity contribution in [3.63, 3.8) is 0 Å². The summed E-state index contributed by atoms with van der Waals surface area (Å²) in [5.74, 6) is -1.05. The Labute approximate surface area is 146 Å². The number of hydrogen-bond acceptors (Lipinski definition) is 3. The number of aryl methyl sites for hydroxylation is 1. The largest absolute Gasteiger partial charge is 0.478 e. The third kappa shape index (κ3) is 2.66. The molecule has 0 aliphatic rings. The number of sulfonamides is 1. The van der Waals surface area contributed by atoms with Crippen LogP contribution in [0, 0.1) is 6.92 Å². The lowest BCUT2D eigenvalue weighted by Crippen LogP contribution is -2.27. The Kier molecular flexibility index (Phi) is 4.04. The highest BCUT2D eigenvalue weighted by molar-refractivity contribution is 7.93. The molecule has 0 aliphatic carbocycles. The number of nitrogens with zero attached hydrogens (tertiary/aromatic N) is 2. The first-order valence-corrected chi connectivity index (χ1v) is 9.05. The lowest BCUT2D eigenvalue weighted by atomic mass is 10.2. The quantitative estimate of drug-likeness (QED) is 0.777. The molecule has 3 aromatic rings. The van der Waals surface area contributed by atoms with Crippen molar-refractivity contribution in [2.24, 2.45) is 7.05 Å². The molecule has 1 aromatic heterocycles. The van der Waals surface area contributed by atoms with E-state index in [1.807, 2.05) is 29.8 Å². The topological polar surface area (TPSA) is 79.6 Å². The van der Waals surface area contributed by atoms with Crippen LogP contribution in [0.3, 0.4) is 0 Å². The second kappa shape index (κ2) is 5.93. The van der Waals surface area contributed by atoms with Crippen molar-refractivity contribution in [2.75, 3.05) is 11.4 Å². The molecule has 0 aliphatic heterocycles. The Morgan fingerprint density at radius 1 is 1.08 bits per heavy atom. The SMILES string of the molecule is Cc1c(S(=O)(=O)N(C)c2ccc(C(=O)O)cc2)c2ccccc2n1C. The van der Waals surface area contributed by atoms with Crippen LogP contribution >= 0.6 is 0 Å². The normalized spacial score (nSPS) is 11.6. The van der Waals surface area contributed by atoms with Gasteiger partial charge in [-0.1, -0.05) is 18.2 Å². The van der Waals surface area contributed by atoms with E-state index >= 15 is 0 Å². The van der Waals surface area contributed by atoms with Crippen LogP contribution in [0.15, 0.2) is 53.4 Å². The summed E-state index contributed by atoms with van der Waals surface area (Å²) < 4.78 is 29.4. The highest BCUT2D eigenvalue weighted by Gasteiger charge is 2.28. The third-order valence-electron chi connectivity index (χ3n) is 4.44. The van der Waals surface area contributed by atoms with Gasteiger partial charge in [0.1, 0.15) is 4.90 Å². The summed E-state index contributed by atoms with van der Waals surface area (Å²) in [5.41, 5.74) is 2.00. The molecule has 130 valence electrons. The van der Waals surface area contributed by atoms with E-state index in [1.54, 1.807) is 13.0 Å². The van der Waals surface area contributed by atoms with E-state index in [-0.39, 0.29) is 10.5 Å². The number of carboxylic acid groups (broad SMARTS) is 1. The van der Waals surface area contributed by atoms with Gasteiger partial charge in [-0.2, -0.15) is 0 Å². The molecule has 0 bridgehead atoms. The van der Waals surface area contributed by atoms with E-state index in [4.69, 9.17) is 5.11 Å². The van der Waals surface area contributed by atoms with Crippen LogP contribution in [0.5, 0.6) is 0 Å². The number of carbonyl (C=O) groups is 1. The number of benzene rings is 2. The summed E-state index contributed by atoms with van der Waals surface area (Å²) in [6.45, 7) is 1.77. The Balaban J connectivity index is 2.13. The van der Waals surface area contributed by atoms with Gasteiger partial charge in [0.25, 0.3) is 10.0 Å². The Morgan fingerprint density at radius 3 is 2.28 bits per heavy atom. The van der Waals surface area contributed by atoms with E-state index in [0.717, 1.165) is 5.52 Å². The number of fused-ring (bicyclic) bond motifs is 1. The van der Waals surface area contributed by atoms with Gasteiger partial charge in [0.15, 0.2) is 0 Å². The van der Waals surface area contributed by atoms with Gasteiger partial charge in [-0.05, 0) is 37.3 Å². The summed E-state index contributed by atoms with van der Waals surface area (Å²) in [4.78, 5) is 11.2. The maximum absolute atomic E-state index is 13.2. The fourth-order valence-electron chi connectivity index (χ4n) is 2.90. The van der Waals surface area contributed by atoms with Crippen molar-refractivity contribution in [1.29, 1.82) is 0 Å². The standard InChI is InChI=1S/C18H18N2O4S/c1-12-17(15-6-4-5-7-16(15)19(12)2)25(23,24)20(3)14-10-8-13(9-11-14)18(21)22/h4-11H,1-3H3,(H,21,22). The molecule has 7 heteroatoms. The molecule has 0 saturated heterocycles. The Morgan fingerprint density at radius 2 is 1.68 bits per heavy atom. The van der Waals surface area contributed by atoms with Crippen LogP contribution < -0.4 is 4.31 Å². The van der Waals surface area contributed by atoms with Gasteiger partial charge in [-0.25, -0.2) is 13.2 Å². The summed E-state index contributed by atoms with van der Waals surface area (Å²) in [7, 11) is -0.500.